The number of ketones is 2. The van der Waals surface area contributed by atoms with Crippen LogP contribution in [0.25, 0.3) is 0 Å². The molecule has 1 aromatic heterocycles. The molecule has 2 aromatic carbocycles. The molecule has 1 amide bonds. The average molecular weight is 601 g/mol. The number of piperidine rings is 2. The number of halogens is 2. The summed E-state index contributed by atoms with van der Waals surface area (Å²) < 4.78 is 34.1. The molecule has 0 bridgehead atoms. The van der Waals surface area contributed by atoms with Gasteiger partial charge in [0.15, 0.2) is 11.6 Å². The Morgan fingerprint density at radius 2 is 1.73 bits per heavy atom. The molecule has 44 heavy (non-hydrogen) atoms. The Labute approximate surface area is 255 Å². The molecule has 10 heteroatoms. The Hall–Kier alpha value is -4.49. The number of aromatic nitrogens is 1. The summed E-state index contributed by atoms with van der Waals surface area (Å²) >= 11 is 0. The largest absolute Gasteiger partial charge is 0.497 e. The third kappa shape index (κ3) is 7.17. The Morgan fingerprint density at radius 3 is 2.34 bits per heavy atom. The Kier molecular flexibility index (Phi) is 9.75. The van der Waals surface area contributed by atoms with Crippen molar-refractivity contribution in [2.24, 2.45) is 11.8 Å². The first-order valence-corrected chi connectivity index (χ1v) is 14.8. The van der Waals surface area contributed by atoms with Crippen LogP contribution in [0, 0.1) is 29.0 Å². The van der Waals surface area contributed by atoms with Crippen LogP contribution >= 0.6 is 0 Å². The SMILES string of the molecule is COc1ccc(C(=O)C2CCN(C(=O)c3ccc(C(=O)C[C@@H]4CCN(Cc5ccc(C#N)c(F)c5)C[C@H]4F)cn3)CC2)cc1. The fourth-order valence-corrected chi connectivity index (χ4v) is 5.93. The van der Waals surface area contributed by atoms with Gasteiger partial charge in [0.05, 0.1) is 12.7 Å². The maximum absolute atomic E-state index is 15.1. The lowest BCUT2D eigenvalue weighted by atomic mass is 9.88. The number of carbonyl (C=O) groups is 3. The molecule has 2 aliphatic heterocycles. The topological polar surface area (TPSA) is 104 Å². The van der Waals surface area contributed by atoms with Gasteiger partial charge in [-0.15, -0.1) is 0 Å². The van der Waals surface area contributed by atoms with Gasteiger partial charge in [0.2, 0.25) is 0 Å². The van der Waals surface area contributed by atoms with Crippen LogP contribution in [0.15, 0.2) is 60.8 Å². The van der Waals surface area contributed by atoms with Crippen molar-refractivity contribution in [2.75, 3.05) is 33.3 Å². The number of alkyl halides is 1. The van der Waals surface area contributed by atoms with Gasteiger partial charge in [0, 0.05) is 55.8 Å². The van der Waals surface area contributed by atoms with Crippen molar-refractivity contribution in [3.05, 3.63) is 94.6 Å². The molecule has 0 aliphatic carbocycles. The van der Waals surface area contributed by atoms with Gasteiger partial charge in [0.1, 0.15) is 29.5 Å². The molecule has 0 spiro atoms. The number of Topliss-reactive ketones (excluding diaryl/α,β-unsaturated/α-hetero) is 2. The molecule has 2 fully saturated rings. The van der Waals surface area contributed by atoms with E-state index < -0.39 is 17.9 Å². The monoisotopic (exact) mass is 600 g/mol. The zero-order valence-corrected chi connectivity index (χ0v) is 24.5. The van der Waals surface area contributed by atoms with Crippen molar-refractivity contribution in [1.29, 1.82) is 5.26 Å². The third-order valence-electron chi connectivity index (χ3n) is 8.60. The Morgan fingerprint density at radius 1 is 1.00 bits per heavy atom. The van der Waals surface area contributed by atoms with Crippen LogP contribution in [0.5, 0.6) is 5.75 Å². The summed E-state index contributed by atoms with van der Waals surface area (Å²) in [5.41, 5.74) is 1.81. The first-order chi connectivity index (χ1) is 21.2. The summed E-state index contributed by atoms with van der Waals surface area (Å²) in [4.78, 5) is 46.7. The lowest BCUT2D eigenvalue weighted by Gasteiger charge is -2.34. The highest BCUT2D eigenvalue weighted by molar-refractivity contribution is 5.99. The van der Waals surface area contributed by atoms with Crippen molar-refractivity contribution in [2.45, 2.75) is 38.4 Å². The number of hydrogen-bond acceptors (Lipinski definition) is 7. The van der Waals surface area contributed by atoms with Crippen LogP contribution in [0.1, 0.15) is 68.0 Å². The number of benzene rings is 2. The normalized spacial score (nSPS) is 19.3. The molecule has 0 saturated carbocycles. The second kappa shape index (κ2) is 13.9. The standard InChI is InChI=1S/C34H34F2N4O4/c1-44-28-7-4-23(5-8-28)33(42)24-11-14-40(15-12-24)34(43)31-9-6-27(19-38-31)32(41)17-25-10-13-39(21-30(25)36)20-22-2-3-26(18-37)29(35)16-22/h2-9,16,19,24-25,30H,10-15,17,20-21H2,1H3/t25-,30+/m0/s1. The van der Waals surface area contributed by atoms with Crippen LogP contribution < -0.4 is 4.74 Å². The molecule has 8 nitrogen and oxygen atoms in total. The van der Waals surface area contributed by atoms with E-state index >= 15 is 4.39 Å². The number of methoxy groups -OCH3 is 1. The van der Waals surface area contributed by atoms with E-state index in [9.17, 15) is 18.8 Å². The molecular weight excluding hydrogens is 566 g/mol. The zero-order chi connectivity index (χ0) is 31.2. The number of hydrogen-bond donors (Lipinski definition) is 0. The van der Waals surface area contributed by atoms with Crippen molar-refractivity contribution >= 4 is 17.5 Å². The van der Waals surface area contributed by atoms with Crippen LogP contribution in [0.4, 0.5) is 8.78 Å². The molecule has 2 saturated heterocycles. The summed E-state index contributed by atoms with van der Waals surface area (Å²) in [7, 11) is 1.57. The van der Waals surface area contributed by atoms with Gasteiger partial charge in [-0.25, -0.2) is 8.78 Å². The second-order valence-corrected chi connectivity index (χ2v) is 11.4. The number of rotatable bonds is 9. The quantitative estimate of drug-likeness (QED) is 0.308. The molecule has 0 N–H and O–H groups in total. The molecule has 3 aromatic rings. The summed E-state index contributed by atoms with van der Waals surface area (Å²) in [5.74, 6) is -0.937. The van der Waals surface area contributed by atoms with Gasteiger partial charge in [0.25, 0.3) is 5.91 Å². The van der Waals surface area contributed by atoms with Crippen LogP contribution in [0.3, 0.4) is 0 Å². The maximum Gasteiger partial charge on any atom is 0.272 e. The summed E-state index contributed by atoms with van der Waals surface area (Å²) in [6.07, 6.45) is 1.78. The minimum absolute atomic E-state index is 0.0276. The third-order valence-corrected chi connectivity index (χ3v) is 8.60. The van der Waals surface area contributed by atoms with Gasteiger partial charge in [-0.1, -0.05) is 6.07 Å². The van der Waals surface area contributed by atoms with Crippen molar-refractivity contribution in [3.8, 4) is 11.8 Å². The van der Waals surface area contributed by atoms with Crippen LogP contribution in [0.2, 0.25) is 0 Å². The predicted molar refractivity (Wildman–Crippen MR) is 159 cm³/mol. The van der Waals surface area contributed by atoms with Gasteiger partial charge in [-0.2, -0.15) is 5.26 Å². The number of ether oxygens (including phenoxy) is 1. The second-order valence-electron chi connectivity index (χ2n) is 11.4. The van der Waals surface area contributed by atoms with E-state index in [4.69, 9.17) is 10.00 Å². The molecule has 0 unspecified atom stereocenters. The lowest BCUT2D eigenvalue weighted by Crippen LogP contribution is -2.42. The molecule has 228 valence electrons. The molecule has 5 rings (SSSR count). The summed E-state index contributed by atoms with van der Waals surface area (Å²) in [6.45, 7) is 1.93. The highest BCUT2D eigenvalue weighted by Gasteiger charge is 2.32. The fourth-order valence-electron chi connectivity index (χ4n) is 5.93. The number of amides is 1. The Bertz CT molecular complexity index is 1550. The van der Waals surface area contributed by atoms with Crippen LogP contribution in [-0.2, 0) is 6.54 Å². The van der Waals surface area contributed by atoms with Gasteiger partial charge >= 0.3 is 0 Å². The van der Waals surface area contributed by atoms with E-state index in [1.807, 2.05) is 4.90 Å². The van der Waals surface area contributed by atoms with E-state index in [0.29, 0.717) is 67.9 Å². The van der Waals surface area contributed by atoms with Crippen LogP contribution in [-0.4, -0.2) is 71.7 Å². The fraction of sp³-hybridized carbons (Fsp3) is 0.382. The highest BCUT2D eigenvalue weighted by atomic mass is 19.1. The first-order valence-electron chi connectivity index (χ1n) is 14.8. The van der Waals surface area contributed by atoms with Crippen molar-refractivity contribution < 1.29 is 27.9 Å². The molecular formula is C34H34F2N4O4. The van der Waals surface area contributed by atoms with E-state index in [1.54, 1.807) is 54.5 Å². The molecule has 0 radical (unpaired) electrons. The zero-order valence-electron chi connectivity index (χ0n) is 24.5. The molecule has 2 atom stereocenters. The van der Waals surface area contributed by atoms with E-state index in [1.165, 1.54) is 24.4 Å². The van der Waals surface area contributed by atoms with E-state index in [-0.39, 0.29) is 47.6 Å². The minimum atomic E-state index is -1.22. The first kappa shape index (κ1) is 31.0. The van der Waals surface area contributed by atoms with E-state index in [2.05, 4.69) is 4.98 Å². The minimum Gasteiger partial charge on any atom is -0.497 e. The maximum atomic E-state index is 15.1. The van der Waals surface area contributed by atoms with Crippen molar-refractivity contribution in [1.82, 2.24) is 14.8 Å². The molecule has 2 aliphatic rings. The van der Waals surface area contributed by atoms with E-state index in [0.717, 1.165) is 0 Å². The Balaban J connectivity index is 1.09. The number of pyridine rings is 1. The predicted octanol–water partition coefficient (Wildman–Crippen LogP) is 5.27. The highest BCUT2D eigenvalue weighted by Crippen LogP contribution is 2.27. The number of likely N-dealkylation sites (tertiary alicyclic amines) is 2. The average Bonchev–Trinajstić information content (AvgIpc) is 3.05. The van der Waals surface area contributed by atoms with Gasteiger partial charge in [-0.3, -0.25) is 24.3 Å². The summed E-state index contributed by atoms with van der Waals surface area (Å²) in [6, 6.07) is 16.3. The van der Waals surface area contributed by atoms with Gasteiger partial charge in [-0.05, 0) is 85.8 Å². The lowest BCUT2D eigenvalue weighted by molar-refractivity contribution is 0.0644. The number of nitriles is 1. The summed E-state index contributed by atoms with van der Waals surface area (Å²) in [5, 5.41) is 8.90. The van der Waals surface area contributed by atoms with Crippen molar-refractivity contribution in [3.63, 3.8) is 0 Å². The van der Waals surface area contributed by atoms with Gasteiger partial charge < -0.3 is 9.64 Å². The number of carbonyl (C=O) groups excluding carboxylic acids is 3. The number of nitrogens with zero attached hydrogens (tertiary/aromatic N) is 4. The smallest absolute Gasteiger partial charge is 0.272 e. The molecule has 3 heterocycles.